The third kappa shape index (κ3) is 7.07. The van der Waals surface area contributed by atoms with Crippen LogP contribution in [0.3, 0.4) is 0 Å². The van der Waals surface area contributed by atoms with Gasteiger partial charge in [0, 0.05) is 25.3 Å². The van der Waals surface area contributed by atoms with Crippen LogP contribution in [-0.2, 0) is 9.53 Å². The maximum Gasteiger partial charge on any atom is 0.224 e. The summed E-state index contributed by atoms with van der Waals surface area (Å²) in [5.41, 5.74) is 0.871. The van der Waals surface area contributed by atoms with Gasteiger partial charge < -0.3 is 10.1 Å². The lowest BCUT2D eigenvalue weighted by Crippen LogP contribution is -2.10. The lowest BCUT2D eigenvalue weighted by atomic mass is 10.2. The summed E-state index contributed by atoms with van der Waals surface area (Å²) < 4.78 is 5.07. The third-order valence-corrected chi connectivity index (χ3v) is 2.61. The highest BCUT2D eigenvalue weighted by Crippen LogP contribution is 2.05. The largest absolute Gasteiger partial charge is 0.381 e. The Bertz CT molecular complexity index is 309. The van der Waals surface area contributed by atoms with Crippen molar-refractivity contribution in [2.45, 2.75) is 39.0 Å². The van der Waals surface area contributed by atoms with Crippen LogP contribution in [0.15, 0.2) is 30.3 Å². The van der Waals surface area contributed by atoms with Crippen LogP contribution >= 0.6 is 0 Å². The van der Waals surface area contributed by atoms with Crippen LogP contribution in [-0.4, -0.2) is 19.1 Å². The van der Waals surface area contributed by atoms with E-state index in [-0.39, 0.29) is 5.91 Å². The van der Waals surface area contributed by atoms with Gasteiger partial charge in [0.25, 0.3) is 0 Å². The van der Waals surface area contributed by atoms with Gasteiger partial charge in [0.1, 0.15) is 0 Å². The molecule has 2 rings (SSSR count). The molecule has 1 saturated heterocycles. The molecule has 1 aliphatic heterocycles. The lowest BCUT2D eigenvalue weighted by molar-refractivity contribution is -0.116. The zero-order valence-corrected chi connectivity index (χ0v) is 11.2. The van der Waals surface area contributed by atoms with Crippen molar-refractivity contribution in [1.29, 1.82) is 0 Å². The number of para-hydroxylation sites is 1. The standard InChI is InChI=1S/C10H13NO.C5H10O/c1-2-6-10(12)11-9-7-4-3-5-8-9;1-2-4-6-5-3-1/h3-5,7-8H,2,6H2,1H3,(H,11,12);1-5H2. The summed E-state index contributed by atoms with van der Waals surface area (Å²) in [6, 6.07) is 9.50. The summed E-state index contributed by atoms with van der Waals surface area (Å²) in [6.07, 6.45) is 5.41. The Morgan fingerprint density at radius 2 is 1.83 bits per heavy atom. The molecule has 1 N–H and O–H groups in total. The molecule has 0 spiro atoms. The molecule has 0 atom stereocenters. The van der Waals surface area contributed by atoms with Crippen LogP contribution in [0.5, 0.6) is 0 Å². The topological polar surface area (TPSA) is 38.3 Å². The van der Waals surface area contributed by atoms with Gasteiger partial charge in [0.2, 0.25) is 5.91 Å². The van der Waals surface area contributed by atoms with E-state index < -0.39 is 0 Å². The van der Waals surface area contributed by atoms with E-state index in [1.165, 1.54) is 19.3 Å². The molecule has 0 aliphatic carbocycles. The summed E-state index contributed by atoms with van der Waals surface area (Å²) in [7, 11) is 0. The molecule has 1 fully saturated rings. The number of ether oxygens (including phenoxy) is 1. The second kappa shape index (κ2) is 9.66. The molecular weight excluding hydrogens is 226 g/mol. The van der Waals surface area contributed by atoms with Crippen LogP contribution in [0.2, 0.25) is 0 Å². The number of amides is 1. The van der Waals surface area contributed by atoms with Crippen LogP contribution in [0.25, 0.3) is 0 Å². The minimum absolute atomic E-state index is 0.0868. The van der Waals surface area contributed by atoms with E-state index in [9.17, 15) is 4.79 Å². The number of carbonyl (C=O) groups is 1. The Hall–Kier alpha value is -1.35. The first kappa shape index (κ1) is 14.7. The van der Waals surface area contributed by atoms with Gasteiger partial charge in [0.15, 0.2) is 0 Å². The fourth-order valence-corrected chi connectivity index (χ4v) is 1.66. The molecule has 0 radical (unpaired) electrons. The fourth-order valence-electron chi connectivity index (χ4n) is 1.66. The number of benzene rings is 1. The SMILES string of the molecule is C1CCOCC1.CCCC(=O)Nc1ccccc1. The van der Waals surface area contributed by atoms with Crippen LogP contribution in [0, 0.1) is 0 Å². The van der Waals surface area contributed by atoms with Gasteiger partial charge in [0.05, 0.1) is 0 Å². The quantitative estimate of drug-likeness (QED) is 0.888. The first-order chi connectivity index (χ1) is 8.83. The first-order valence-electron chi connectivity index (χ1n) is 6.75. The molecule has 0 saturated carbocycles. The maximum absolute atomic E-state index is 11.1. The molecule has 3 heteroatoms. The molecular formula is C15H23NO2. The molecule has 100 valence electrons. The Morgan fingerprint density at radius 1 is 1.17 bits per heavy atom. The average molecular weight is 249 g/mol. The number of carbonyl (C=O) groups excluding carboxylic acids is 1. The normalized spacial score (nSPS) is 14.3. The van der Waals surface area contributed by atoms with E-state index in [1.54, 1.807) is 0 Å². The molecule has 1 aromatic carbocycles. The second-order valence-corrected chi connectivity index (χ2v) is 4.34. The van der Waals surface area contributed by atoms with Crippen molar-refractivity contribution in [3.63, 3.8) is 0 Å². The average Bonchev–Trinajstić information content (AvgIpc) is 2.43. The summed E-state index contributed by atoms with van der Waals surface area (Å²) >= 11 is 0. The minimum Gasteiger partial charge on any atom is -0.381 e. The summed E-state index contributed by atoms with van der Waals surface area (Å²) in [4.78, 5) is 11.1. The molecule has 0 bridgehead atoms. The number of nitrogens with one attached hydrogen (secondary N) is 1. The van der Waals surface area contributed by atoms with Gasteiger partial charge in [-0.3, -0.25) is 4.79 Å². The minimum atomic E-state index is 0.0868. The second-order valence-electron chi connectivity index (χ2n) is 4.34. The molecule has 1 aromatic rings. The van der Waals surface area contributed by atoms with Crippen LogP contribution in [0.4, 0.5) is 5.69 Å². The van der Waals surface area contributed by atoms with Gasteiger partial charge in [-0.15, -0.1) is 0 Å². The predicted octanol–water partition coefficient (Wildman–Crippen LogP) is 3.61. The van der Waals surface area contributed by atoms with Crippen molar-refractivity contribution in [2.24, 2.45) is 0 Å². The molecule has 1 amide bonds. The van der Waals surface area contributed by atoms with Crippen molar-refractivity contribution in [3.8, 4) is 0 Å². The third-order valence-electron chi connectivity index (χ3n) is 2.61. The smallest absolute Gasteiger partial charge is 0.224 e. The highest BCUT2D eigenvalue weighted by Gasteiger charge is 1.98. The molecule has 0 unspecified atom stereocenters. The highest BCUT2D eigenvalue weighted by atomic mass is 16.5. The van der Waals surface area contributed by atoms with Crippen LogP contribution < -0.4 is 5.32 Å². The summed E-state index contributed by atoms with van der Waals surface area (Å²) in [5, 5.41) is 2.80. The first-order valence-corrected chi connectivity index (χ1v) is 6.75. The Morgan fingerprint density at radius 3 is 2.28 bits per heavy atom. The van der Waals surface area contributed by atoms with Gasteiger partial charge >= 0.3 is 0 Å². The number of hydrogen-bond donors (Lipinski definition) is 1. The Kier molecular flexibility index (Phi) is 7.89. The number of rotatable bonds is 3. The van der Waals surface area contributed by atoms with Crippen molar-refractivity contribution in [2.75, 3.05) is 18.5 Å². The monoisotopic (exact) mass is 249 g/mol. The Labute approximate surface area is 110 Å². The fraction of sp³-hybridized carbons (Fsp3) is 0.533. The molecule has 1 heterocycles. The van der Waals surface area contributed by atoms with Gasteiger partial charge in [-0.2, -0.15) is 0 Å². The number of hydrogen-bond acceptors (Lipinski definition) is 2. The van der Waals surface area contributed by atoms with Gasteiger partial charge in [-0.1, -0.05) is 25.1 Å². The van der Waals surface area contributed by atoms with Crippen molar-refractivity contribution in [3.05, 3.63) is 30.3 Å². The van der Waals surface area contributed by atoms with E-state index in [2.05, 4.69) is 5.32 Å². The van der Waals surface area contributed by atoms with E-state index in [4.69, 9.17) is 4.74 Å². The molecule has 18 heavy (non-hydrogen) atoms. The molecule has 0 aromatic heterocycles. The lowest BCUT2D eigenvalue weighted by Gasteiger charge is -2.08. The summed E-state index contributed by atoms with van der Waals surface area (Å²) in [5.74, 6) is 0.0868. The molecule has 1 aliphatic rings. The van der Waals surface area contributed by atoms with Gasteiger partial charge in [-0.05, 0) is 37.8 Å². The van der Waals surface area contributed by atoms with E-state index in [0.717, 1.165) is 25.3 Å². The Balaban J connectivity index is 0.000000225. The van der Waals surface area contributed by atoms with Crippen molar-refractivity contribution in [1.82, 2.24) is 0 Å². The van der Waals surface area contributed by atoms with Crippen LogP contribution in [0.1, 0.15) is 39.0 Å². The zero-order chi connectivity index (χ0) is 13.1. The maximum atomic E-state index is 11.1. The summed E-state index contributed by atoms with van der Waals surface area (Å²) in [6.45, 7) is 3.99. The number of anilines is 1. The van der Waals surface area contributed by atoms with Crippen molar-refractivity contribution >= 4 is 11.6 Å². The van der Waals surface area contributed by atoms with Crippen molar-refractivity contribution < 1.29 is 9.53 Å². The van der Waals surface area contributed by atoms with E-state index in [1.807, 2.05) is 37.3 Å². The predicted molar refractivity (Wildman–Crippen MR) is 74.6 cm³/mol. The highest BCUT2D eigenvalue weighted by molar-refractivity contribution is 5.90. The zero-order valence-electron chi connectivity index (χ0n) is 11.2. The van der Waals surface area contributed by atoms with Gasteiger partial charge in [-0.25, -0.2) is 0 Å². The van der Waals surface area contributed by atoms with E-state index >= 15 is 0 Å². The molecule has 3 nitrogen and oxygen atoms in total. The van der Waals surface area contributed by atoms with E-state index in [0.29, 0.717) is 6.42 Å².